The minimum absolute atomic E-state index is 0.00529. The fraction of sp³-hybridized carbons (Fsp3) is 0.0690. The number of anilines is 1. The van der Waals surface area contributed by atoms with Crippen LogP contribution in [-0.2, 0) is 17.8 Å². The van der Waals surface area contributed by atoms with Crippen molar-refractivity contribution < 1.29 is 9.35 Å². The molecule has 0 aliphatic rings. The zero-order chi connectivity index (χ0) is 26.5. The lowest BCUT2D eigenvalue weighted by Gasteiger charge is -2.19. The van der Waals surface area contributed by atoms with Gasteiger partial charge in [0, 0.05) is 22.9 Å². The Morgan fingerprint density at radius 3 is 2.47 bits per heavy atom. The van der Waals surface area contributed by atoms with Crippen LogP contribution < -0.4 is 15.8 Å². The van der Waals surface area contributed by atoms with Crippen LogP contribution in [0.2, 0.25) is 0 Å². The van der Waals surface area contributed by atoms with Crippen LogP contribution in [-0.4, -0.2) is 21.3 Å². The summed E-state index contributed by atoms with van der Waals surface area (Å²) in [6.45, 7) is 0. The second kappa shape index (κ2) is 11.6. The largest absolute Gasteiger partial charge is 0.593 e. The van der Waals surface area contributed by atoms with Gasteiger partial charge < -0.3 is 15.6 Å². The molecule has 1 aromatic heterocycles. The highest BCUT2D eigenvalue weighted by atomic mass is 32.2. The lowest BCUT2D eigenvalue weighted by Crippen LogP contribution is -2.30. The number of aromatic nitrogens is 1. The summed E-state index contributed by atoms with van der Waals surface area (Å²) in [5, 5.41) is 11.5. The zero-order valence-corrected chi connectivity index (χ0v) is 21.9. The number of nitrogens with one attached hydrogen (secondary N) is 3. The number of nitrogens with two attached hydrogens (primary N) is 1. The average Bonchev–Trinajstić information content (AvgIpc) is 3.38. The summed E-state index contributed by atoms with van der Waals surface area (Å²) in [5.74, 6) is -0.242. The lowest BCUT2D eigenvalue weighted by atomic mass is 10.0. The van der Waals surface area contributed by atoms with Crippen molar-refractivity contribution in [3.05, 3.63) is 125 Å². The first-order valence-electron chi connectivity index (χ1n) is 11.9. The first-order chi connectivity index (χ1) is 18.5. The van der Waals surface area contributed by atoms with E-state index in [0.717, 1.165) is 20.8 Å². The maximum Gasteiger partial charge on any atom is 0.255 e. The predicted octanol–water partition coefficient (Wildman–Crippen LogP) is 5.43. The molecule has 0 aliphatic carbocycles. The molecular weight excluding hydrogens is 514 g/mol. The van der Waals surface area contributed by atoms with Gasteiger partial charge in [0.25, 0.3) is 5.91 Å². The van der Waals surface area contributed by atoms with Gasteiger partial charge in [-0.05, 0) is 54.4 Å². The SMILES string of the molecule is N=C(N)c1cccc(C[C@H](N[S+]([O-])c2cccc(NC(=O)c3ccccc3)c2)c2nc3ccccc3s2)c1. The summed E-state index contributed by atoms with van der Waals surface area (Å²) in [4.78, 5) is 17.9. The van der Waals surface area contributed by atoms with Gasteiger partial charge in [-0.15, -0.1) is 16.1 Å². The van der Waals surface area contributed by atoms with Crippen molar-refractivity contribution in [2.75, 3.05) is 5.32 Å². The van der Waals surface area contributed by atoms with Gasteiger partial charge in [-0.1, -0.05) is 54.6 Å². The molecule has 7 nitrogen and oxygen atoms in total. The Balaban J connectivity index is 1.39. The van der Waals surface area contributed by atoms with Gasteiger partial charge in [-0.3, -0.25) is 10.2 Å². The van der Waals surface area contributed by atoms with Crippen LogP contribution in [0.1, 0.15) is 32.5 Å². The van der Waals surface area contributed by atoms with E-state index in [1.807, 2.05) is 48.5 Å². The number of benzene rings is 4. The highest BCUT2D eigenvalue weighted by Gasteiger charge is 2.25. The number of carbonyl (C=O) groups is 1. The minimum atomic E-state index is -1.59. The summed E-state index contributed by atoms with van der Waals surface area (Å²) in [6, 6.07) is 30.9. The number of hydrogen-bond donors (Lipinski definition) is 4. The Hall–Kier alpha value is -4.02. The normalized spacial score (nSPS) is 12.7. The van der Waals surface area contributed by atoms with E-state index in [0.29, 0.717) is 28.1 Å². The van der Waals surface area contributed by atoms with Gasteiger partial charge in [0.2, 0.25) is 0 Å². The molecular formula is C29H25N5O2S2. The van der Waals surface area contributed by atoms with Crippen LogP contribution in [0, 0.1) is 5.41 Å². The number of amides is 1. The summed E-state index contributed by atoms with van der Waals surface area (Å²) in [7, 11) is 0. The molecule has 5 N–H and O–H groups in total. The monoisotopic (exact) mass is 539 g/mol. The first kappa shape index (κ1) is 25.6. The van der Waals surface area contributed by atoms with Gasteiger partial charge in [0.05, 0.1) is 21.6 Å². The number of hydrogen-bond acceptors (Lipinski definition) is 6. The van der Waals surface area contributed by atoms with Gasteiger partial charge in [-0.2, -0.15) is 0 Å². The zero-order valence-electron chi connectivity index (χ0n) is 20.3. The molecule has 38 heavy (non-hydrogen) atoms. The molecule has 1 amide bonds. The molecule has 0 aliphatic heterocycles. The molecule has 0 bridgehead atoms. The van der Waals surface area contributed by atoms with Crippen LogP contribution in [0.15, 0.2) is 108 Å². The van der Waals surface area contributed by atoms with Crippen molar-refractivity contribution in [1.82, 2.24) is 9.71 Å². The quantitative estimate of drug-likeness (QED) is 0.113. The van der Waals surface area contributed by atoms with Crippen LogP contribution >= 0.6 is 11.3 Å². The fourth-order valence-corrected chi connectivity index (χ4v) is 6.12. The highest BCUT2D eigenvalue weighted by molar-refractivity contribution is 7.89. The molecule has 0 saturated carbocycles. The van der Waals surface area contributed by atoms with E-state index >= 15 is 0 Å². The fourth-order valence-electron chi connectivity index (χ4n) is 4.00. The number of fused-ring (bicyclic) bond motifs is 1. The van der Waals surface area contributed by atoms with Crippen LogP contribution in [0.25, 0.3) is 10.2 Å². The summed E-state index contributed by atoms with van der Waals surface area (Å²) in [5.41, 5.74) is 9.25. The molecule has 1 heterocycles. The summed E-state index contributed by atoms with van der Waals surface area (Å²) < 4.78 is 17.8. The molecule has 0 spiro atoms. The van der Waals surface area contributed by atoms with E-state index in [4.69, 9.17) is 16.1 Å². The molecule has 0 radical (unpaired) electrons. The maximum absolute atomic E-state index is 13.5. The molecule has 2 atom stereocenters. The van der Waals surface area contributed by atoms with Crippen molar-refractivity contribution in [2.45, 2.75) is 17.4 Å². The maximum atomic E-state index is 13.5. The number of rotatable bonds is 9. The van der Waals surface area contributed by atoms with E-state index in [2.05, 4.69) is 10.0 Å². The van der Waals surface area contributed by atoms with Gasteiger partial charge >= 0.3 is 0 Å². The Labute approximate surface area is 227 Å². The lowest BCUT2D eigenvalue weighted by molar-refractivity contribution is 0.102. The smallest absolute Gasteiger partial charge is 0.255 e. The third-order valence-corrected chi connectivity index (χ3v) is 8.21. The van der Waals surface area contributed by atoms with Crippen LogP contribution in [0.3, 0.4) is 0 Å². The molecule has 1 unspecified atom stereocenters. The van der Waals surface area contributed by atoms with Crippen molar-refractivity contribution in [3.63, 3.8) is 0 Å². The summed E-state index contributed by atoms with van der Waals surface area (Å²) in [6.07, 6.45) is 0.497. The molecule has 190 valence electrons. The summed E-state index contributed by atoms with van der Waals surface area (Å²) >= 11 is -0.0451. The Bertz CT molecular complexity index is 1560. The number of amidine groups is 1. The predicted molar refractivity (Wildman–Crippen MR) is 154 cm³/mol. The van der Waals surface area contributed by atoms with Crippen molar-refractivity contribution in [2.24, 2.45) is 5.73 Å². The molecule has 0 saturated heterocycles. The van der Waals surface area contributed by atoms with Crippen molar-refractivity contribution >= 4 is 50.3 Å². The van der Waals surface area contributed by atoms with Crippen LogP contribution in [0.4, 0.5) is 5.69 Å². The second-order valence-electron chi connectivity index (χ2n) is 8.63. The van der Waals surface area contributed by atoms with Crippen LogP contribution in [0.5, 0.6) is 0 Å². The Kier molecular flexibility index (Phi) is 7.81. The Morgan fingerprint density at radius 2 is 1.68 bits per heavy atom. The van der Waals surface area contributed by atoms with E-state index in [1.54, 1.807) is 65.9 Å². The number of thiazole rings is 1. The third-order valence-electron chi connectivity index (χ3n) is 5.88. The third kappa shape index (κ3) is 6.09. The molecule has 0 fully saturated rings. The van der Waals surface area contributed by atoms with E-state index in [9.17, 15) is 9.35 Å². The van der Waals surface area contributed by atoms with Gasteiger partial charge in [0.1, 0.15) is 16.9 Å². The van der Waals surface area contributed by atoms with Crippen molar-refractivity contribution in [1.29, 1.82) is 5.41 Å². The standard InChI is InChI=1S/C29H25N5O2S2/c30-27(31)21-11-6-8-19(16-21)17-25(29-33-24-14-4-5-15-26(24)37-29)34-38(36)23-13-7-12-22(18-23)32-28(35)20-9-2-1-3-10-20/h1-16,18,25,34H,17H2,(H3,30,31)(H,32,35)/t25-,38?/m0/s1. The van der Waals surface area contributed by atoms with E-state index < -0.39 is 11.4 Å². The molecule has 9 heteroatoms. The van der Waals surface area contributed by atoms with Gasteiger partial charge in [0.15, 0.2) is 4.90 Å². The molecule has 5 aromatic rings. The first-order valence-corrected chi connectivity index (χ1v) is 13.9. The topological polar surface area (TPSA) is 127 Å². The van der Waals surface area contributed by atoms with E-state index in [1.165, 1.54) is 0 Å². The number of carbonyl (C=O) groups excluding carboxylic acids is 1. The number of nitrogens with zero attached hydrogens (tertiary/aromatic N) is 1. The average molecular weight is 540 g/mol. The highest BCUT2D eigenvalue weighted by Crippen LogP contribution is 2.30. The minimum Gasteiger partial charge on any atom is -0.593 e. The van der Waals surface area contributed by atoms with E-state index in [-0.39, 0.29) is 17.8 Å². The number of nitrogen functional groups attached to an aromatic ring is 1. The second-order valence-corrected chi connectivity index (χ2v) is 10.9. The van der Waals surface area contributed by atoms with Crippen molar-refractivity contribution in [3.8, 4) is 0 Å². The molecule has 4 aromatic carbocycles. The molecule has 5 rings (SSSR count). The number of para-hydroxylation sites is 1. The Morgan fingerprint density at radius 1 is 0.947 bits per heavy atom. The van der Waals surface area contributed by atoms with Gasteiger partial charge in [-0.25, -0.2) is 4.98 Å².